The van der Waals surface area contributed by atoms with Gasteiger partial charge >= 0.3 is 0 Å². The van der Waals surface area contributed by atoms with E-state index in [1.165, 1.54) is 0 Å². The van der Waals surface area contributed by atoms with Crippen molar-refractivity contribution in [1.82, 2.24) is 30.5 Å². The van der Waals surface area contributed by atoms with Crippen LogP contribution >= 0.6 is 11.3 Å². The van der Waals surface area contributed by atoms with Gasteiger partial charge < -0.3 is 5.32 Å². The average molecular weight is 300 g/mol. The number of hydrogen-bond donors (Lipinski definition) is 1. The molecule has 0 atom stereocenters. The summed E-state index contributed by atoms with van der Waals surface area (Å²) in [5, 5.41) is 18.4. The average Bonchev–Trinajstić information content (AvgIpc) is 3.13. The van der Waals surface area contributed by atoms with Crippen LogP contribution in [0.4, 0.5) is 0 Å². The lowest BCUT2D eigenvalue weighted by Gasteiger charge is -2.05. The maximum absolute atomic E-state index is 4.44. The van der Waals surface area contributed by atoms with Crippen molar-refractivity contribution in [3.63, 3.8) is 0 Å². The Morgan fingerprint density at radius 2 is 2.10 bits per heavy atom. The zero-order chi connectivity index (χ0) is 14.5. The number of nitrogens with one attached hydrogen (secondary N) is 1. The lowest BCUT2D eigenvalue weighted by Crippen LogP contribution is -2.19. The molecule has 1 N–H and O–H groups in total. The molecule has 6 nitrogen and oxygen atoms in total. The first-order valence-corrected chi connectivity index (χ1v) is 7.65. The van der Waals surface area contributed by atoms with Crippen LogP contribution in [0.2, 0.25) is 0 Å². The minimum atomic E-state index is 0.630. The highest BCUT2D eigenvalue weighted by Crippen LogP contribution is 2.08. The molecule has 0 radical (unpaired) electrons. The molecule has 7 heteroatoms. The summed E-state index contributed by atoms with van der Waals surface area (Å²) in [6.07, 6.45) is 0.914. The molecule has 1 aromatic carbocycles. The standard InChI is InChI=1S/C14H16N6S/c1-11-16-12(10-21-11)7-8-15-9-14-17-18-19-20(14)13-5-3-2-4-6-13/h2-6,10,15H,7-9H2,1H3. The second-order valence-corrected chi connectivity index (χ2v) is 5.69. The maximum Gasteiger partial charge on any atom is 0.170 e. The third-order valence-corrected chi connectivity index (χ3v) is 3.86. The Morgan fingerprint density at radius 3 is 2.86 bits per heavy atom. The van der Waals surface area contributed by atoms with Crippen molar-refractivity contribution < 1.29 is 0 Å². The van der Waals surface area contributed by atoms with Crippen LogP contribution in [-0.4, -0.2) is 31.7 Å². The lowest BCUT2D eigenvalue weighted by atomic mass is 10.3. The third-order valence-electron chi connectivity index (χ3n) is 3.04. The molecule has 0 unspecified atom stereocenters. The largest absolute Gasteiger partial charge is 0.309 e. The van der Waals surface area contributed by atoms with Crippen LogP contribution < -0.4 is 5.32 Å². The minimum Gasteiger partial charge on any atom is -0.309 e. The van der Waals surface area contributed by atoms with Gasteiger partial charge in [-0.15, -0.1) is 16.4 Å². The van der Waals surface area contributed by atoms with Crippen molar-refractivity contribution in [2.75, 3.05) is 6.54 Å². The van der Waals surface area contributed by atoms with Gasteiger partial charge in [0.25, 0.3) is 0 Å². The monoisotopic (exact) mass is 300 g/mol. The van der Waals surface area contributed by atoms with E-state index >= 15 is 0 Å². The highest BCUT2D eigenvalue weighted by atomic mass is 32.1. The van der Waals surface area contributed by atoms with Gasteiger partial charge in [0.1, 0.15) is 0 Å². The van der Waals surface area contributed by atoms with Gasteiger partial charge in [0.15, 0.2) is 5.82 Å². The van der Waals surface area contributed by atoms with Crippen molar-refractivity contribution in [2.24, 2.45) is 0 Å². The molecule has 21 heavy (non-hydrogen) atoms. The SMILES string of the molecule is Cc1nc(CCNCc2nnnn2-c2ccccc2)cs1. The fourth-order valence-electron chi connectivity index (χ4n) is 2.03. The summed E-state index contributed by atoms with van der Waals surface area (Å²) in [6.45, 7) is 3.51. The van der Waals surface area contributed by atoms with Gasteiger partial charge in [0, 0.05) is 18.3 Å². The molecule has 2 aromatic heterocycles. The Balaban J connectivity index is 1.55. The number of tetrazole rings is 1. The number of hydrogen-bond acceptors (Lipinski definition) is 6. The maximum atomic E-state index is 4.44. The van der Waals surface area contributed by atoms with Crippen molar-refractivity contribution >= 4 is 11.3 Å². The molecule has 3 aromatic rings. The Bertz CT molecular complexity index is 690. The number of benzene rings is 1. The van der Waals surface area contributed by atoms with E-state index in [4.69, 9.17) is 0 Å². The molecule has 0 aliphatic carbocycles. The second-order valence-electron chi connectivity index (χ2n) is 4.63. The number of nitrogens with zero attached hydrogens (tertiary/aromatic N) is 5. The van der Waals surface area contributed by atoms with Crippen molar-refractivity contribution in [2.45, 2.75) is 19.9 Å². The predicted octanol–water partition coefficient (Wildman–Crippen LogP) is 1.76. The number of aryl methyl sites for hydroxylation is 1. The van der Waals surface area contributed by atoms with E-state index in [1.807, 2.05) is 37.3 Å². The highest BCUT2D eigenvalue weighted by molar-refractivity contribution is 7.09. The normalized spacial score (nSPS) is 10.9. The quantitative estimate of drug-likeness (QED) is 0.703. The molecular formula is C14H16N6S. The Labute approximate surface area is 126 Å². The predicted molar refractivity (Wildman–Crippen MR) is 81.4 cm³/mol. The molecule has 2 heterocycles. The Morgan fingerprint density at radius 1 is 1.24 bits per heavy atom. The van der Waals surface area contributed by atoms with Crippen molar-refractivity contribution in [3.8, 4) is 5.69 Å². The minimum absolute atomic E-state index is 0.630. The van der Waals surface area contributed by atoms with Crippen molar-refractivity contribution in [1.29, 1.82) is 0 Å². The smallest absolute Gasteiger partial charge is 0.170 e. The van der Waals surface area contributed by atoms with Crippen LogP contribution in [0, 0.1) is 6.92 Å². The van der Waals surface area contributed by atoms with E-state index < -0.39 is 0 Å². The number of thiazole rings is 1. The summed E-state index contributed by atoms with van der Waals surface area (Å²) >= 11 is 1.68. The topological polar surface area (TPSA) is 68.5 Å². The first-order chi connectivity index (χ1) is 10.3. The fraction of sp³-hybridized carbons (Fsp3) is 0.286. The summed E-state index contributed by atoms with van der Waals surface area (Å²) in [5.41, 5.74) is 2.10. The van der Waals surface area contributed by atoms with Gasteiger partial charge in [-0.05, 0) is 29.5 Å². The lowest BCUT2D eigenvalue weighted by molar-refractivity contribution is 0.636. The van der Waals surface area contributed by atoms with Crippen molar-refractivity contribution in [3.05, 3.63) is 52.2 Å². The fourth-order valence-corrected chi connectivity index (χ4v) is 2.67. The van der Waals surface area contributed by atoms with Crippen LogP contribution in [0.5, 0.6) is 0 Å². The molecule has 3 rings (SSSR count). The Kier molecular flexibility index (Phi) is 4.32. The number of rotatable bonds is 6. The molecule has 0 aliphatic heterocycles. The summed E-state index contributed by atoms with van der Waals surface area (Å²) in [4.78, 5) is 4.44. The molecule has 0 fully saturated rings. The molecule has 0 amide bonds. The first-order valence-electron chi connectivity index (χ1n) is 6.77. The van der Waals surface area contributed by atoms with Crippen LogP contribution in [0.15, 0.2) is 35.7 Å². The van der Waals surface area contributed by atoms with Gasteiger partial charge in [0.2, 0.25) is 0 Å². The highest BCUT2D eigenvalue weighted by Gasteiger charge is 2.07. The molecule has 0 bridgehead atoms. The van der Waals surface area contributed by atoms with E-state index in [9.17, 15) is 0 Å². The molecule has 0 saturated heterocycles. The second kappa shape index (κ2) is 6.55. The molecular weight excluding hydrogens is 284 g/mol. The van der Waals surface area contributed by atoms with E-state index in [1.54, 1.807) is 16.0 Å². The van der Waals surface area contributed by atoms with Gasteiger partial charge in [0.05, 0.1) is 22.9 Å². The molecule has 0 spiro atoms. The third kappa shape index (κ3) is 3.50. The number of para-hydroxylation sites is 1. The summed E-state index contributed by atoms with van der Waals surface area (Å²) in [6, 6.07) is 9.88. The van der Waals surface area contributed by atoms with E-state index in [2.05, 4.69) is 31.2 Å². The van der Waals surface area contributed by atoms with Crippen LogP contribution in [0.3, 0.4) is 0 Å². The van der Waals surface area contributed by atoms with E-state index in [-0.39, 0.29) is 0 Å². The van der Waals surface area contributed by atoms with E-state index in [0.29, 0.717) is 6.54 Å². The van der Waals surface area contributed by atoms with Crippen LogP contribution in [0.1, 0.15) is 16.5 Å². The van der Waals surface area contributed by atoms with Gasteiger partial charge in [-0.2, -0.15) is 4.68 Å². The molecule has 108 valence electrons. The Hall–Kier alpha value is -2.12. The van der Waals surface area contributed by atoms with Crippen LogP contribution in [-0.2, 0) is 13.0 Å². The molecule has 0 aliphatic rings. The zero-order valence-corrected chi connectivity index (χ0v) is 12.5. The molecule has 0 saturated carbocycles. The van der Waals surface area contributed by atoms with E-state index in [0.717, 1.165) is 35.2 Å². The van der Waals surface area contributed by atoms with Gasteiger partial charge in [-0.25, -0.2) is 4.98 Å². The number of aromatic nitrogens is 5. The zero-order valence-electron chi connectivity index (χ0n) is 11.7. The van der Waals surface area contributed by atoms with Gasteiger partial charge in [-0.1, -0.05) is 18.2 Å². The van der Waals surface area contributed by atoms with Crippen LogP contribution in [0.25, 0.3) is 5.69 Å². The first kappa shape index (κ1) is 13.8. The summed E-state index contributed by atoms with van der Waals surface area (Å²) < 4.78 is 1.75. The van der Waals surface area contributed by atoms with Gasteiger partial charge in [-0.3, -0.25) is 0 Å². The summed E-state index contributed by atoms with van der Waals surface area (Å²) in [7, 11) is 0. The summed E-state index contributed by atoms with van der Waals surface area (Å²) in [5.74, 6) is 0.802.